The van der Waals surface area contributed by atoms with Gasteiger partial charge in [-0.05, 0) is 12.1 Å². The van der Waals surface area contributed by atoms with Gasteiger partial charge in [0.1, 0.15) is 0 Å². The second kappa shape index (κ2) is 17.6. The van der Waals surface area contributed by atoms with E-state index in [2.05, 4.69) is 0 Å². The smallest absolute Gasteiger partial charge is 0.205 e. The molecular weight excluding hydrogens is 406 g/mol. The summed E-state index contributed by atoms with van der Waals surface area (Å²) in [6.45, 7) is 5.95. The lowest BCUT2D eigenvalue weighted by Gasteiger charge is -2.18. The Labute approximate surface area is 169 Å². The summed E-state index contributed by atoms with van der Waals surface area (Å²) in [4.78, 5) is 0. The Balaban J connectivity index is 1.71. The van der Waals surface area contributed by atoms with Crippen LogP contribution < -0.4 is 5.30 Å². The second-order valence-corrected chi connectivity index (χ2v) is 7.78. The van der Waals surface area contributed by atoms with Gasteiger partial charge in [-0.25, -0.2) is 0 Å². The number of hydrogen-bond donors (Lipinski definition) is 0. The van der Waals surface area contributed by atoms with E-state index >= 15 is 0 Å². The molecule has 0 spiro atoms. The van der Waals surface area contributed by atoms with E-state index in [9.17, 15) is 0 Å². The van der Waals surface area contributed by atoms with Crippen molar-refractivity contribution in [2.45, 2.75) is 0 Å². The topological polar surface area (TPSA) is 73.8 Å². The average molecular weight is 436 g/mol. The Kier molecular flexibility index (Phi) is 15.1. The third kappa shape index (κ3) is 12.3. The highest BCUT2D eigenvalue weighted by atomic mass is 31.2. The highest BCUT2D eigenvalue weighted by Crippen LogP contribution is 2.36. The highest BCUT2D eigenvalue weighted by Gasteiger charge is 2.13. The van der Waals surface area contributed by atoms with Crippen molar-refractivity contribution < 1.29 is 37.0 Å². The molecule has 1 aromatic rings. The van der Waals surface area contributed by atoms with Crippen LogP contribution in [0.15, 0.2) is 30.3 Å². The minimum atomic E-state index is -1.17. The first-order chi connectivity index (χ1) is 14.0. The molecule has 1 fully saturated rings. The molecule has 1 aliphatic rings. The molecule has 0 atom stereocenters. The molecule has 160 valence electrons. The van der Waals surface area contributed by atoms with Crippen molar-refractivity contribution in [3.63, 3.8) is 0 Å². The minimum absolute atomic E-state index is 0.00419. The molecule has 0 aliphatic carbocycles. The lowest BCUT2D eigenvalue weighted by molar-refractivity contribution is 0.0189. The van der Waals surface area contributed by atoms with E-state index in [1.54, 1.807) is 0 Å². The van der Waals surface area contributed by atoms with Gasteiger partial charge in [0.2, 0.25) is 8.38 Å². The van der Waals surface area contributed by atoms with Gasteiger partial charge in [-0.2, -0.15) is 0 Å². The molecule has 10 heteroatoms. The number of rotatable bonds is 1. The molecule has 0 radical (unpaired) electrons. The van der Waals surface area contributed by atoms with Crippen LogP contribution in [0.25, 0.3) is 0 Å². The second-order valence-electron chi connectivity index (χ2n) is 5.49. The van der Waals surface area contributed by atoms with Crippen LogP contribution in [-0.2, 0) is 37.0 Å². The maximum atomic E-state index is 5.90. The fourth-order valence-corrected chi connectivity index (χ4v) is 3.75. The summed E-state index contributed by atoms with van der Waals surface area (Å²) < 4.78 is 44.4. The summed E-state index contributed by atoms with van der Waals surface area (Å²) in [6.07, 6.45) is 0. The van der Waals surface area contributed by atoms with E-state index in [0.29, 0.717) is 79.3 Å². The molecule has 1 aliphatic heterocycles. The maximum absolute atomic E-state index is 5.90. The molecule has 8 nitrogen and oxygen atoms in total. The van der Waals surface area contributed by atoms with Gasteiger partial charge < -0.3 is 37.0 Å². The Bertz CT molecular complexity index is 446. The van der Waals surface area contributed by atoms with Crippen LogP contribution >= 0.6 is 17.4 Å². The van der Waals surface area contributed by atoms with Gasteiger partial charge in [-0.1, -0.05) is 18.2 Å². The van der Waals surface area contributed by atoms with Crippen molar-refractivity contribution in [1.29, 1.82) is 0 Å². The lowest BCUT2D eigenvalue weighted by Crippen LogP contribution is -2.14. The minimum Gasteiger partial charge on any atom is -0.377 e. The molecule has 2 rings (SSSR count). The maximum Gasteiger partial charge on any atom is 0.205 e. The summed E-state index contributed by atoms with van der Waals surface area (Å²) >= 11 is 0. The van der Waals surface area contributed by atoms with E-state index in [1.807, 2.05) is 30.3 Å². The van der Waals surface area contributed by atoms with Gasteiger partial charge >= 0.3 is 0 Å². The Morgan fingerprint density at radius 3 is 1.46 bits per heavy atom. The number of hydrogen-bond acceptors (Lipinski definition) is 8. The fraction of sp³-hybridized carbons (Fsp3) is 0.667. The highest BCUT2D eigenvalue weighted by molar-refractivity contribution is 7.56. The SMILES string of the molecule is c1ccc(P2OCCOCCOCCOPOCCOCCOCCO2)cc1. The summed E-state index contributed by atoms with van der Waals surface area (Å²) in [7, 11) is -1.17. The summed E-state index contributed by atoms with van der Waals surface area (Å²) in [5.41, 5.74) is 0. The van der Waals surface area contributed by atoms with Gasteiger partial charge in [0.25, 0.3) is 0 Å². The number of ether oxygens (including phenoxy) is 4. The van der Waals surface area contributed by atoms with Crippen molar-refractivity contribution >= 4 is 22.7 Å². The molecule has 1 aromatic carbocycles. The number of benzene rings is 1. The lowest BCUT2D eigenvalue weighted by atomic mass is 10.4. The van der Waals surface area contributed by atoms with Crippen LogP contribution in [0.3, 0.4) is 0 Å². The van der Waals surface area contributed by atoms with Crippen molar-refractivity contribution in [1.82, 2.24) is 0 Å². The molecule has 0 amide bonds. The summed E-state index contributed by atoms with van der Waals surface area (Å²) in [5, 5.41) is 1.03. The first-order valence-electron chi connectivity index (χ1n) is 9.37. The van der Waals surface area contributed by atoms with Crippen LogP contribution in [0.1, 0.15) is 0 Å². The summed E-state index contributed by atoms with van der Waals surface area (Å²) in [5.74, 6) is 0. The average Bonchev–Trinajstić information content (AvgIpc) is 2.73. The van der Waals surface area contributed by atoms with Crippen molar-refractivity contribution in [2.24, 2.45) is 0 Å². The molecule has 28 heavy (non-hydrogen) atoms. The van der Waals surface area contributed by atoms with Crippen molar-refractivity contribution in [3.05, 3.63) is 30.3 Å². The van der Waals surface area contributed by atoms with Crippen LogP contribution in [-0.4, -0.2) is 79.3 Å². The van der Waals surface area contributed by atoms with E-state index in [0.717, 1.165) is 5.30 Å². The van der Waals surface area contributed by atoms with E-state index in [1.165, 1.54) is 0 Å². The Morgan fingerprint density at radius 1 is 0.536 bits per heavy atom. The molecule has 0 saturated carbocycles. The predicted molar refractivity (Wildman–Crippen MR) is 108 cm³/mol. The molecule has 1 saturated heterocycles. The van der Waals surface area contributed by atoms with Crippen molar-refractivity contribution in [3.8, 4) is 0 Å². The van der Waals surface area contributed by atoms with Crippen molar-refractivity contribution in [2.75, 3.05) is 79.3 Å². The zero-order valence-corrected chi connectivity index (χ0v) is 18.0. The molecule has 0 unspecified atom stereocenters. The van der Waals surface area contributed by atoms with Crippen LogP contribution in [0.4, 0.5) is 0 Å². The third-order valence-corrected chi connectivity index (χ3v) is 5.56. The molecule has 0 N–H and O–H groups in total. The Hall–Kier alpha value is -0.240. The van der Waals surface area contributed by atoms with Gasteiger partial charge in [-0.3, -0.25) is 0 Å². The zero-order chi connectivity index (χ0) is 19.5. The first-order valence-corrected chi connectivity index (χ1v) is 11.4. The predicted octanol–water partition coefficient (Wildman–Crippen LogP) is 2.28. The van der Waals surface area contributed by atoms with Gasteiger partial charge in [0.05, 0.1) is 79.3 Å². The standard InChI is InChI=1S/C18H30O8P2/c1-2-4-18(5-3-1)28-25-16-12-21-8-6-19-10-14-23-27-24-15-11-20-7-9-22-13-17-26-28/h1-5,27H,6-17H2. The molecule has 0 bridgehead atoms. The monoisotopic (exact) mass is 436 g/mol. The van der Waals surface area contributed by atoms with Crippen LogP contribution in [0, 0.1) is 0 Å². The normalized spacial score (nSPS) is 24.8. The van der Waals surface area contributed by atoms with Crippen LogP contribution in [0.2, 0.25) is 0 Å². The fourth-order valence-electron chi connectivity index (χ4n) is 2.06. The Morgan fingerprint density at radius 2 is 0.964 bits per heavy atom. The largest absolute Gasteiger partial charge is 0.377 e. The molecule has 1 heterocycles. The van der Waals surface area contributed by atoms with E-state index in [4.69, 9.17) is 37.0 Å². The summed E-state index contributed by atoms with van der Waals surface area (Å²) in [6, 6.07) is 9.93. The molecular formula is C18H30O8P2. The van der Waals surface area contributed by atoms with Gasteiger partial charge in [0, 0.05) is 5.30 Å². The van der Waals surface area contributed by atoms with E-state index in [-0.39, 0.29) is 9.03 Å². The van der Waals surface area contributed by atoms with Gasteiger partial charge in [-0.15, -0.1) is 0 Å². The van der Waals surface area contributed by atoms with Crippen LogP contribution in [0.5, 0.6) is 0 Å². The quantitative estimate of drug-likeness (QED) is 0.621. The first kappa shape index (κ1) is 24.0. The van der Waals surface area contributed by atoms with Gasteiger partial charge in [0.15, 0.2) is 9.03 Å². The third-order valence-electron chi connectivity index (χ3n) is 3.36. The van der Waals surface area contributed by atoms with E-state index < -0.39 is 8.38 Å². The zero-order valence-electron chi connectivity index (χ0n) is 16.1. The molecule has 0 aromatic heterocycles.